The quantitative estimate of drug-likeness (QED) is 0.915. The highest BCUT2D eigenvalue weighted by atomic mass is 19.1. The highest BCUT2D eigenvalue weighted by molar-refractivity contribution is 5.95. The maximum absolute atomic E-state index is 14.3. The lowest BCUT2D eigenvalue weighted by molar-refractivity contribution is 0.0936. The Kier molecular flexibility index (Phi) is 4.20. The zero-order valence-corrected chi connectivity index (χ0v) is 12.5. The number of carbonyl (C=O) groups excluding carboxylic acids is 1. The Morgan fingerprint density at radius 2 is 1.91 bits per heavy atom. The summed E-state index contributed by atoms with van der Waals surface area (Å²) >= 11 is 0. The van der Waals surface area contributed by atoms with Crippen LogP contribution < -0.4 is 10.6 Å². The lowest BCUT2D eigenvalue weighted by Gasteiger charge is -2.12. The summed E-state index contributed by atoms with van der Waals surface area (Å²) in [5, 5.41) is 6.03. The van der Waals surface area contributed by atoms with E-state index >= 15 is 0 Å². The van der Waals surface area contributed by atoms with Gasteiger partial charge in [-0.15, -0.1) is 0 Å². The van der Waals surface area contributed by atoms with Crippen LogP contribution in [0.5, 0.6) is 0 Å². The van der Waals surface area contributed by atoms with Crippen molar-refractivity contribution in [2.45, 2.75) is 19.4 Å². The van der Waals surface area contributed by atoms with E-state index in [9.17, 15) is 9.18 Å². The summed E-state index contributed by atoms with van der Waals surface area (Å²) < 4.78 is 14.3. The van der Waals surface area contributed by atoms with Crippen LogP contribution in [0.15, 0.2) is 42.5 Å². The van der Waals surface area contributed by atoms with E-state index in [4.69, 9.17) is 0 Å². The van der Waals surface area contributed by atoms with Crippen LogP contribution in [0.4, 0.5) is 4.39 Å². The van der Waals surface area contributed by atoms with Gasteiger partial charge >= 0.3 is 0 Å². The van der Waals surface area contributed by atoms with E-state index in [0.717, 1.165) is 36.2 Å². The summed E-state index contributed by atoms with van der Waals surface area (Å²) in [6.07, 6.45) is 0.884. The molecule has 0 radical (unpaired) electrons. The highest BCUT2D eigenvalue weighted by Crippen LogP contribution is 2.22. The van der Waals surface area contributed by atoms with Crippen molar-refractivity contribution in [3.63, 3.8) is 0 Å². The summed E-state index contributed by atoms with van der Waals surface area (Å²) in [6.45, 7) is 3.64. The molecule has 0 bridgehead atoms. The number of nitrogens with one attached hydrogen (secondary N) is 2. The Morgan fingerprint density at radius 3 is 2.55 bits per heavy atom. The molecule has 1 saturated heterocycles. The topological polar surface area (TPSA) is 41.1 Å². The van der Waals surface area contributed by atoms with E-state index in [1.807, 2.05) is 31.2 Å². The second-order valence-corrected chi connectivity index (χ2v) is 5.72. The largest absolute Gasteiger partial charge is 0.348 e. The minimum Gasteiger partial charge on any atom is -0.348 e. The molecule has 1 unspecified atom stereocenters. The zero-order valence-electron chi connectivity index (χ0n) is 12.5. The standard InChI is InChI=1S/C18H19FN2O/c1-12-2-4-13(5-3-12)14-6-7-16(17(19)10-14)18(22)21-15-8-9-20-11-15/h2-7,10,15,20H,8-9,11H2,1H3,(H,21,22). The van der Waals surface area contributed by atoms with Crippen molar-refractivity contribution in [2.75, 3.05) is 13.1 Å². The van der Waals surface area contributed by atoms with Gasteiger partial charge in [0.1, 0.15) is 5.82 Å². The van der Waals surface area contributed by atoms with E-state index < -0.39 is 5.82 Å². The molecule has 1 amide bonds. The fourth-order valence-corrected chi connectivity index (χ4v) is 2.67. The Balaban J connectivity index is 1.79. The monoisotopic (exact) mass is 298 g/mol. The molecule has 1 aliphatic rings. The van der Waals surface area contributed by atoms with Gasteiger partial charge < -0.3 is 10.6 Å². The van der Waals surface area contributed by atoms with Crippen LogP contribution in [0, 0.1) is 12.7 Å². The van der Waals surface area contributed by atoms with Crippen molar-refractivity contribution in [3.05, 3.63) is 59.4 Å². The smallest absolute Gasteiger partial charge is 0.254 e. The number of hydrogen-bond acceptors (Lipinski definition) is 2. The first-order valence-electron chi connectivity index (χ1n) is 7.51. The number of benzene rings is 2. The second kappa shape index (κ2) is 6.28. The summed E-state index contributed by atoms with van der Waals surface area (Å²) in [5.41, 5.74) is 2.97. The van der Waals surface area contributed by atoms with Gasteiger partial charge in [0.25, 0.3) is 5.91 Å². The lowest BCUT2D eigenvalue weighted by atomic mass is 10.0. The van der Waals surface area contributed by atoms with Crippen LogP contribution in [0.1, 0.15) is 22.3 Å². The van der Waals surface area contributed by atoms with Gasteiger partial charge in [-0.05, 0) is 43.1 Å². The van der Waals surface area contributed by atoms with E-state index in [2.05, 4.69) is 10.6 Å². The predicted molar refractivity (Wildman–Crippen MR) is 85.3 cm³/mol. The average molecular weight is 298 g/mol. The van der Waals surface area contributed by atoms with Crippen molar-refractivity contribution in [3.8, 4) is 11.1 Å². The van der Waals surface area contributed by atoms with Gasteiger partial charge in [0.05, 0.1) is 5.56 Å². The van der Waals surface area contributed by atoms with Crippen molar-refractivity contribution in [2.24, 2.45) is 0 Å². The van der Waals surface area contributed by atoms with E-state index in [0.29, 0.717) is 0 Å². The van der Waals surface area contributed by atoms with Gasteiger partial charge in [-0.25, -0.2) is 4.39 Å². The average Bonchev–Trinajstić information content (AvgIpc) is 3.00. The molecule has 2 aromatic carbocycles. The normalized spacial score (nSPS) is 17.5. The molecule has 2 N–H and O–H groups in total. The number of amides is 1. The third-order valence-corrected chi connectivity index (χ3v) is 3.99. The van der Waals surface area contributed by atoms with Crippen LogP contribution in [0.25, 0.3) is 11.1 Å². The first-order chi connectivity index (χ1) is 10.6. The second-order valence-electron chi connectivity index (χ2n) is 5.72. The first-order valence-corrected chi connectivity index (χ1v) is 7.51. The fourth-order valence-electron chi connectivity index (χ4n) is 2.67. The van der Waals surface area contributed by atoms with Gasteiger partial charge in [0, 0.05) is 12.6 Å². The molecule has 2 aromatic rings. The maximum Gasteiger partial charge on any atom is 0.254 e. The molecule has 1 fully saturated rings. The lowest BCUT2D eigenvalue weighted by Crippen LogP contribution is -2.36. The molecule has 0 aromatic heterocycles. The number of carbonyl (C=O) groups is 1. The molecule has 1 aliphatic heterocycles. The van der Waals surface area contributed by atoms with E-state index in [1.54, 1.807) is 12.1 Å². The number of aryl methyl sites for hydroxylation is 1. The molecule has 4 heteroatoms. The van der Waals surface area contributed by atoms with Crippen LogP contribution >= 0.6 is 0 Å². The highest BCUT2D eigenvalue weighted by Gasteiger charge is 2.19. The molecule has 22 heavy (non-hydrogen) atoms. The Morgan fingerprint density at radius 1 is 1.18 bits per heavy atom. The predicted octanol–water partition coefficient (Wildman–Crippen LogP) is 2.89. The number of halogens is 1. The van der Waals surface area contributed by atoms with Gasteiger partial charge in [-0.2, -0.15) is 0 Å². The van der Waals surface area contributed by atoms with Gasteiger partial charge in [-0.1, -0.05) is 35.9 Å². The minimum atomic E-state index is -0.485. The van der Waals surface area contributed by atoms with E-state index in [1.165, 1.54) is 6.07 Å². The Hall–Kier alpha value is -2.20. The summed E-state index contributed by atoms with van der Waals surface area (Å²) in [5.74, 6) is -0.830. The molecule has 1 atom stereocenters. The van der Waals surface area contributed by atoms with Crippen LogP contribution in [0.2, 0.25) is 0 Å². The van der Waals surface area contributed by atoms with Crippen molar-refractivity contribution < 1.29 is 9.18 Å². The zero-order chi connectivity index (χ0) is 15.5. The molecule has 0 aliphatic carbocycles. The van der Waals surface area contributed by atoms with Crippen molar-refractivity contribution in [1.29, 1.82) is 0 Å². The van der Waals surface area contributed by atoms with Crippen LogP contribution in [-0.4, -0.2) is 25.0 Å². The van der Waals surface area contributed by atoms with E-state index in [-0.39, 0.29) is 17.5 Å². The summed E-state index contributed by atoms with van der Waals surface area (Å²) in [4.78, 5) is 12.1. The minimum absolute atomic E-state index is 0.0867. The molecular formula is C18H19FN2O. The van der Waals surface area contributed by atoms with Crippen LogP contribution in [-0.2, 0) is 0 Å². The molecule has 0 saturated carbocycles. The van der Waals surface area contributed by atoms with Crippen LogP contribution in [0.3, 0.4) is 0 Å². The number of hydrogen-bond donors (Lipinski definition) is 2. The maximum atomic E-state index is 14.3. The summed E-state index contributed by atoms with van der Waals surface area (Å²) in [7, 11) is 0. The molecule has 114 valence electrons. The molecule has 3 rings (SSSR count). The van der Waals surface area contributed by atoms with Gasteiger partial charge in [-0.3, -0.25) is 4.79 Å². The van der Waals surface area contributed by atoms with Crippen molar-refractivity contribution in [1.82, 2.24) is 10.6 Å². The summed E-state index contributed by atoms with van der Waals surface area (Å²) in [6, 6.07) is 12.7. The Bertz CT molecular complexity index is 676. The fraction of sp³-hybridized carbons (Fsp3) is 0.278. The molecule has 3 nitrogen and oxygen atoms in total. The first kappa shape index (κ1) is 14.7. The molecule has 0 spiro atoms. The van der Waals surface area contributed by atoms with Crippen molar-refractivity contribution >= 4 is 5.91 Å². The van der Waals surface area contributed by atoms with Gasteiger partial charge in [0.2, 0.25) is 0 Å². The SMILES string of the molecule is Cc1ccc(-c2ccc(C(=O)NC3CCNC3)c(F)c2)cc1. The number of rotatable bonds is 3. The molecule has 1 heterocycles. The molecular weight excluding hydrogens is 279 g/mol. The third kappa shape index (κ3) is 3.17. The van der Waals surface area contributed by atoms with Gasteiger partial charge in [0.15, 0.2) is 0 Å². The third-order valence-electron chi connectivity index (χ3n) is 3.99. The Labute approximate surface area is 129 Å².